The Morgan fingerprint density at radius 1 is 0.895 bits per heavy atom. The van der Waals surface area contributed by atoms with Crippen LogP contribution in [0.4, 0.5) is 0 Å². The van der Waals surface area contributed by atoms with Crippen molar-refractivity contribution in [2.45, 2.75) is 26.2 Å². The van der Waals surface area contributed by atoms with Gasteiger partial charge < -0.3 is 10.2 Å². The summed E-state index contributed by atoms with van der Waals surface area (Å²) in [6.45, 7) is 13.2. The molecule has 1 fully saturated rings. The third-order valence-corrected chi connectivity index (χ3v) is 3.89. The molecule has 0 spiro atoms. The fraction of sp³-hybridized carbons (Fsp3) is 1.00. The Bertz CT molecular complexity index is 200. The minimum absolute atomic E-state index is 1.15. The van der Waals surface area contributed by atoms with Crippen LogP contribution < -0.4 is 5.32 Å². The SMILES string of the molecule is CCCCCNCCN1CCN(CCN(C)C)CC1. The minimum atomic E-state index is 1.15. The molecule has 1 N–H and O–H groups in total. The Kier molecular flexibility index (Phi) is 9.43. The van der Waals surface area contributed by atoms with Crippen molar-refractivity contribution in [3.05, 3.63) is 0 Å². The summed E-state index contributed by atoms with van der Waals surface area (Å²) in [7, 11) is 4.31. The van der Waals surface area contributed by atoms with Crippen LogP contribution in [-0.4, -0.2) is 87.7 Å². The van der Waals surface area contributed by atoms with Crippen molar-refractivity contribution in [1.82, 2.24) is 20.0 Å². The maximum atomic E-state index is 3.56. The molecule has 1 aliphatic rings. The molecule has 0 amide bonds. The molecule has 0 atom stereocenters. The van der Waals surface area contributed by atoms with Crippen LogP contribution in [0.5, 0.6) is 0 Å². The molecule has 0 aliphatic carbocycles. The van der Waals surface area contributed by atoms with Crippen molar-refractivity contribution in [3.8, 4) is 0 Å². The molecule has 114 valence electrons. The lowest BCUT2D eigenvalue weighted by molar-refractivity contribution is 0.126. The molecular weight excluding hydrogens is 236 g/mol. The highest BCUT2D eigenvalue weighted by Crippen LogP contribution is 2.00. The first-order chi connectivity index (χ1) is 9.22. The monoisotopic (exact) mass is 270 g/mol. The molecule has 4 nitrogen and oxygen atoms in total. The maximum Gasteiger partial charge on any atom is 0.0110 e. The molecule has 0 aromatic carbocycles. The average molecular weight is 270 g/mol. The molecule has 0 aromatic rings. The maximum absolute atomic E-state index is 3.56. The molecule has 1 aliphatic heterocycles. The first-order valence-corrected chi connectivity index (χ1v) is 8.02. The number of hydrogen-bond donors (Lipinski definition) is 1. The van der Waals surface area contributed by atoms with E-state index in [0.29, 0.717) is 0 Å². The highest BCUT2D eigenvalue weighted by atomic mass is 15.3. The van der Waals surface area contributed by atoms with Gasteiger partial charge in [0.2, 0.25) is 0 Å². The van der Waals surface area contributed by atoms with Crippen LogP contribution in [0.25, 0.3) is 0 Å². The van der Waals surface area contributed by atoms with Gasteiger partial charge in [-0.1, -0.05) is 19.8 Å². The van der Waals surface area contributed by atoms with E-state index < -0.39 is 0 Å². The fourth-order valence-corrected chi connectivity index (χ4v) is 2.44. The molecule has 1 rings (SSSR count). The van der Waals surface area contributed by atoms with Gasteiger partial charge in [-0.15, -0.1) is 0 Å². The van der Waals surface area contributed by atoms with Crippen LogP contribution >= 0.6 is 0 Å². The number of piperazine rings is 1. The summed E-state index contributed by atoms with van der Waals surface area (Å²) in [5.74, 6) is 0. The van der Waals surface area contributed by atoms with Crippen LogP contribution in [0.15, 0.2) is 0 Å². The van der Waals surface area contributed by atoms with E-state index in [-0.39, 0.29) is 0 Å². The third-order valence-electron chi connectivity index (χ3n) is 3.89. The summed E-state index contributed by atoms with van der Waals surface area (Å²) in [6.07, 6.45) is 4.00. The van der Waals surface area contributed by atoms with E-state index in [4.69, 9.17) is 0 Å². The van der Waals surface area contributed by atoms with Gasteiger partial charge in [0.1, 0.15) is 0 Å². The van der Waals surface area contributed by atoms with Gasteiger partial charge in [-0.25, -0.2) is 0 Å². The molecule has 1 heterocycles. The van der Waals surface area contributed by atoms with E-state index in [1.165, 1.54) is 71.6 Å². The van der Waals surface area contributed by atoms with Crippen molar-refractivity contribution in [2.24, 2.45) is 0 Å². The third kappa shape index (κ3) is 8.58. The van der Waals surface area contributed by atoms with Crippen LogP contribution in [0.2, 0.25) is 0 Å². The predicted molar refractivity (Wildman–Crippen MR) is 83.8 cm³/mol. The molecular formula is C15H34N4. The highest BCUT2D eigenvalue weighted by molar-refractivity contribution is 4.72. The van der Waals surface area contributed by atoms with Gasteiger partial charge in [0, 0.05) is 52.4 Å². The van der Waals surface area contributed by atoms with E-state index in [0.717, 1.165) is 6.54 Å². The lowest BCUT2D eigenvalue weighted by Crippen LogP contribution is -2.49. The van der Waals surface area contributed by atoms with Crippen molar-refractivity contribution < 1.29 is 0 Å². The average Bonchev–Trinajstić information content (AvgIpc) is 2.41. The summed E-state index contributed by atoms with van der Waals surface area (Å²) >= 11 is 0. The van der Waals surface area contributed by atoms with Crippen molar-refractivity contribution in [2.75, 3.05) is 73.0 Å². The Morgan fingerprint density at radius 3 is 2.11 bits per heavy atom. The summed E-state index contributed by atoms with van der Waals surface area (Å²) in [5, 5.41) is 3.56. The van der Waals surface area contributed by atoms with Crippen molar-refractivity contribution in [1.29, 1.82) is 0 Å². The summed E-state index contributed by atoms with van der Waals surface area (Å²) in [6, 6.07) is 0. The van der Waals surface area contributed by atoms with Crippen LogP contribution in [-0.2, 0) is 0 Å². The zero-order valence-corrected chi connectivity index (χ0v) is 13.3. The van der Waals surface area contributed by atoms with E-state index in [9.17, 15) is 0 Å². The largest absolute Gasteiger partial charge is 0.315 e. The topological polar surface area (TPSA) is 21.8 Å². The lowest BCUT2D eigenvalue weighted by atomic mass is 10.2. The molecule has 0 bridgehead atoms. The van der Waals surface area contributed by atoms with E-state index in [1.54, 1.807) is 0 Å². The molecule has 0 aromatic heterocycles. The zero-order chi connectivity index (χ0) is 13.9. The second-order valence-corrected chi connectivity index (χ2v) is 5.94. The Hall–Kier alpha value is -0.160. The normalized spacial score (nSPS) is 18.3. The van der Waals surface area contributed by atoms with Gasteiger partial charge in [0.25, 0.3) is 0 Å². The van der Waals surface area contributed by atoms with Crippen molar-refractivity contribution >= 4 is 0 Å². The molecule has 1 saturated heterocycles. The molecule has 4 heteroatoms. The standard InChI is InChI=1S/C15H34N4/c1-4-5-6-7-16-8-9-18-12-14-19(15-13-18)11-10-17(2)3/h16H,4-15H2,1-3H3. The number of hydrogen-bond acceptors (Lipinski definition) is 4. The number of nitrogens with zero attached hydrogens (tertiary/aromatic N) is 3. The van der Waals surface area contributed by atoms with Crippen molar-refractivity contribution in [3.63, 3.8) is 0 Å². The molecule has 0 unspecified atom stereocenters. The first-order valence-electron chi connectivity index (χ1n) is 8.02. The minimum Gasteiger partial charge on any atom is -0.315 e. The van der Waals surface area contributed by atoms with Crippen LogP contribution in [0.1, 0.15) is 26.2 Å². The van der Waals surface area contributed by atoms with E-state index >= 15 is 0 Å². The van der Waals surface area contributed by atoms with Gasteiger partial charge >= 0.3 is 0 Å². The van der Waals surface area contributed by atoms with Crippen LogP contribution in [0, 0.1) is 0 Å². The van der Waals surface area contributed by atoms with E-state index in [1.807, 2.05) is 0 Å². The molecule has 0 radical (unpaired) electrons. The summed E-state index contributed by atoms with van der Waals surface area (Å²) in [5.41, 5.74) is 0. The van der Waals surface area contributed by atoms with Gasteiger partial charge in [0.15, 0.2) is 0 Å². The summed E-state index contributed by atoms with van der Waals surface area (Å²) < 4.78 is 0. The van der Waals surface area contributed by atoms with Gasteiger partial charge in [-0.3, -0.25) is 9.80 Å². The first kappa shape index (κ1) is 16.9. The van der Waals surface area contributed by atoms with Gasteiger partial charge in [-0.05, 0) is 27.1 Å². The predicted octanol–water partition coefficient (Wildman–Crippen LogP) is 0.945. The molecule has 0 saturated carbocycles. The number of likely N-dealkylation sites (N-methyl/N-ethyl adjacent to an activating group) is 1. The lowest BCUT2D eigenvalue weighted by Gasteiger charge is -2.35. The number of nitrogens with one attached hydrogen (secondary N) is 1. The number of rotatable bonds is 10. The van der Waals surface area contributed by atoms with E-state index in [2.05, 4.69) is 41.0 Å². The second kappa shape index (κ2) is 10.6. The molecule has 19 heavy (non-hydrogen) atoms. The quantitative estimate of drug-likeness (QED) is 0.597. The van der Waals surface area contributed by atoms with Gasteiger partial charge in [0.05, 0.1) is 0 Å². The van der Waals surface area contributed by atoms with Gasteiger partial charge in [-0.2, -0.15) is 0 Å². The second-order valence-electron chi connectivity index (χ2n) is 5.94. The Morgan fingerprint density at radius 2 is 1.53 bits per heavy atom. The fourth-order valence-electron chi connectivity index (χ4n) is 2.44. The highest BCUT2D eigenvalue weighted by Gasteiger charge is 2.15. The summed E-state index contributed by atoms with van der Waals surface area (Å²) in [4.78, 5) is 7.46. The van der Waals surface area contributed by atoms with Crippen LogP contribution in [0.3, 0.4) is 0 Å². The zero-order valence-electron chi connectivity index (χ0n) is 13.3. The Labute approximate surface area is 120 Å². The number of unbranched alkanes of at least 4 members (excludes halogenated alkanes) is 2. The Balaban J connectivity index is 1.94. The smallest absolute Gasteiger partial charge is 0.0110 e.